The van der Waals surface area contributed by atoms with Crippen LogP contribution in [-0.4, -0.2) is 37.6 Å². The normalized spacial score (nSPS) is 15.7. The molecule has 0 atom stereocenters. The van der Waals surface area contributed by atoms with Crippen molar-refractivity contribution in [3.63, 3.8) is 0 Å². The Labute approximate surface area is 119 Å². The maximum atomic E-state index is 11.3. The Morgan fingerprint density at radius 3 is 2.79 bits per heavy atom. The number of aromatic nitrogens is 1. The van der Waals surface area contributed by atoms with Crippen molar-refractivity contribution in [3.05, 3.63) is 34.3 Å². The molecule has 1 aliphatic rings. The molecule has 1 saturated heterocycles. The number of halogens is 1. The summed E-state index contributed by atoms with van der Waals surface area (Å²) in [4.78, 5) is 18.0. The number of morpholine rings is 1. The summed E-state index contributed by atoms with van der Waals surface area (Å²) in [5.74, 6) is 0.758. The van der Waals surface area contributed by atoms with E-state index in [2.05, 4.69) is 25.8 Å². The first-order valence-corrected chi connectivity index (χ1v) is 6.95. The zero-order valence-electron chi connectivity index (χ0n) is 10.3. The number of rotatable bonds is 2. The van der Waals surface area contributed by atoms with Gasteiger partial charge in [-0.2, -0.15) is 0 Å². The molecule has 19 heavy (non-hydrogen) atoms. The SMILES string of the molecule is O=Cc1cc2cc(Br)ccc2nc1N1CCOCC1. The van der Waals surface area contributed by atoms with Crippen molar-refractivity contribution < 1.29 is 9.53 Å². The van der Waals surface area contributed by atoms with Gasteiger partial charge in [-0.1, -0.05) is 15.9 Å². The molecule has 5 heteroatoms. The largest absolute Gasteiger partial charge is 0.378 e. The third-order valence-electron chi connectivity index (χ3n) is 3.22. The van der Waals surface area contributed by atoms with E-state index in [-0.39, 0.29) is 0 Å². The molecule has 98 valence electrons. The predicted octanol–water partition coefficient (Wildman–Crippen LogP) is 2.65. The number of carbonyl (C=O) groups excluding carboxylic acids is 1. The van der Waals surface area contributed by atoms with Crippen molar-refractivity contribution in [1.82, 2.24) is 4.98 Å². The van der Waals surface area contributed by atoms with E-state index >= 15 is 0 Å². The Morgan fingerprint density at radius 1 is 1.26 bits per heavy atom. The maximum absolute atomic E-state index is 11.3. The Balaban J connectivity index is 2.11. The lowest BCUT2D eigenvalue weighted by Gasteiger charge is -2.28. The summed E-state index contributed by atoms with van der Waals surface area (Å²) in [6.45, 7) is 2.91. The summed E-state index contributed by atoms with van der Waals surface area (Å²) in [6, 6.07) is 7.78. The van der Waals surface area contributed by atoms with Crippen LogP contribution in [0.15, 0.2) is 28.7 Å². The molecule has 1 aromatic heterocycles. The zero-order chi connectivity index (χ0) is 13.2. The zero-order valence-corrected chi connectivity index (χ0v) is 11.9. The fourth-order valence-electron chi connectivity index (χ4n) is 2.27. The maximum Gasteiger partial charge on any atom is 0.153 e. The highest BCUT2D eigenvalue weighted by Crippen LogP contribution is 2.25. The van der Waals surface area contributed by atoms with E-state index in [9.17, 15) is 4.79 Å². The Kier molecular flexibility index (Phi) is 3.48. The molecule has 0 unspecified atom stereocenters. The van der Waals surface area contributed by atoms with Crippen LogP contribution in [0.3, 0.4) is 0 Å². The van der Waals surface area contributed by atoms with Crippen LogP contribution >= 0.6 is 15.9 Å². The van der Waals surface area contributed by atoms with Crippen molar-refractivity contribution in [2.75, 3.05) is 31.2 Å². The number of fused-ring (bicyclic) bond motifs is 1. The first-order chi connectivity index (χ1) is 9.28. The third kappa shape index (κ3) is 2.48. The highest BCUT2D eigenvalue weighted by Gasteiger charge is 2.17. The van der Waals surface area contributed by atoms with Gasteiger partial charge in [0.15, 0.2) is 6.29 Å². The van der Waals surface area contributed by atoms with Crippen LogP contribution in [0.1, 0.15) is 10.4 Å². The lowest BCUT2D eigenvalue weighted by atomic mass is 10.1. The van der Waals surface area contributed by atoms with E-state index in [1.54, 1.807) is 0 Å². The highest BCUT2D eigenvalue weighted by molar-refractivity contribution is 9.10. The van der Waals surface area contributed by atoms with Crippen LogP contribution in [0.25, 0.3) is 10.9 Å². The first-order valence-electron chi connectivity index (χ1n) is 6.16. The van der Waals surface area contributed by atoms with Crippen LogP contribution in [0.4, 0.5) is 5.82 Å². The summed E-state index contributed by atoms with van der Waals surface area (Å²) in [7, 11) is 0. The minimum Gasteiger partial charge on any atom is -0.378 e. The number of hydrogen-bond donors (Lipinski definition) is 0. The van der Waals surface area contributed by atoms with Gasteiger partial charge in [-0.3, -0.25) is 4.79 Å². The predicted molar refractivity (Wildman–Crippen MR) is 77.9 cm³/mol. The standard InChI is InChI=1S/C14H13BrN2O2/c15-12-1-2-13-10(8-12)7-11(9-18)14(16-13)17-3-5-19-6-4-17/h1-2,7-9H,3-6H2. The fourth-order valence-corrected chi connectivity index (χ4v) is 2.65. The van der Waals surface area contributed by atoms with E-state index < -0.39 is 0 Å². The average Bonchev–Trinajstić information content (AvgIpc) is 2.46. The number of anilines is 1. The van der Waals surface area contributed by atoms with Gasteiger partial charge in [0, 0.05) is 22.9 Å². The molecule has 0 N–H and O–H groups in total. The summed E-state index contributed by atoms with van der Waals surface area (Å²) in [6.07, 6.45) is 0.873. The van der Waals surface area contributed by atoms with Crippen molar-refractivity contribution >= 4 is 38.9 Å². The van der Waals surface area contributed by atoms with E-state index in [1.807, 2.05) is 24.3 Å². The topological polar surface area (TPSA) is 42.4 Å². The Hall–Kier alpha value is -1.46. The second-order valence-electron chi connectivity index (χ2n) is 4.46. The number of benzene rings is 1. The molecule has 0 spiro atoms. The summed E-state index contributed by atoms with van der Waals surface area (Å²) >= 11 is 3.43. The molecule has 0 radical (unpaired) electrons. The molecule has 1 aromatic carbocycles. The molecular formula is C14H13BrN2O2. The molecule has 2 aromatic rings. The minimum atomic E-state index is 0.632. The van der Waals surface area contributed by atoms with Gasteiger partial charge in [0.25, 0.3) is 0 Å². The van der Waals surface area contributed by atoms with Crippen molar-refractivity contribution in [3.8, 4) is 0 Å². The first kappa shape index (κ1) is 12.6. The molecular weight excluding hydrogens is 308 g/mol. The third-order valence-corrected chi connectivity index (χ3v) is 3.72. The summed E-state index contributed by atoms with van der Waals surface area (Å²) < 4.78 is 6.32. The smallest absolute Gasteiger partial charge is 0.153 e. The van der Waals surface area contributed by atoms with Crippen molar-refractivity contribution in [2.45, 2.75) is 0 Å². The molecule has 0 bridgehead atoms. The molecule has 2 heterocycles. The van der Waals surface area contributed by atoms with Crippen LogP contribution < -0.4 is 4.90 Å². The van der Waals surface area contributed by atoms with Crippen LogP contribution in [0.2, 0.25) is 0 Å². The van der Waals surface area contributed by atoms with E-state index in [0.29, 0.717) is 18.8 Å². The second-order valence-corrected chi connectivity index (χ2v) is 5.37. The molecule has 0 saturated carbocycles. The average molecular weight is 321 g/mol. The van der Waals surface area contributed by atoms with Gasteiger partial charge in [0.1, 0.15) is 5.82 Å². The molecule has 1 fully saturated rings. The lowest BCUT2D eigenvalue weighted by Crippen LogP contribution is -2.37. The number of hydrogen-bond acceptors (Lipinski definition) is 4. The number of pyridine rings is 1. The van der Waals surface area contributed by atoms with E-state index in [0.717, 1.165) is 40.6 Å². The number of carbonyl (C=O) groups is 1. The summed E-state index contributed by atoms with van der Waals surface area (Å²) in [5, 5.41) is 0.966. The Bertz CT molecular complexity index is 624. The van der Waals surface area contributed by atoms with Crippen molar-refractivity contribution in [2.24, 2.45) is 0 Å². The van der Waals surface area contributed by atoms with Gasteiger partial charge in [0.05, 0.1) is 24.3 Å². The molecule has 4 nitrogen and oxygen atoms in total. The number of ether oxygens (including phenoxy) is 1. The molecule has 0 amide bonds. The van der Waals surface area contributed by atoms with Gasteiger partial charge in [-0.25, -0.2) is 4.98 Å². The fraction of sp³-hybridized carbons (Fsp3) is 0.286. The van der Waals surface area contributed by atoms with Gasteiger partial charge < -0.3 is 9.64 Å². The number of nitrogens with zero attached hydrogens (tertiary/aromatic N) is 2. The lowest BCUT2D eigenvalue weighted by molar-refractivity contribution is 0.111. The van der Waals surface area contributed by atoms with Crippen LogP contribution in [0, 0.1) is 0 Å². The van der Waals surface area contributed by atoms with Crippen LogP contribution in [-0.2, 0) is 4.74 Å². The van der Waals surface area contributed by atoms with Gasteiger partial charge in [-0.05, 0) is 24.3 Å². The quantitative estimate of drug-likeness (QED) is 0.798. The van der Waals surface area contributed by atoms with Crippen molar-refractivity contribution in [1.29, 1.82) is 0 Å². The van der Waals surface area contributed by atoms with E-state index in [1.165, 1.54) is 0 Å². The molecule has 0 aliphatic carbocycles. The second kappa shape index (κ2) is 5.27. The Morgan fingerprint density at radius 2 is 2.05 bits per heavy atom. The highest BCUT2D eigenvalue weighted by atomic mass is 79.9. The van der Waals surface area contributed by atoms with E-state index in [4.69, 9.17) is 4.74 Å². The van der Waals surface area contributed by atoms with Crippen LogP contribution in [0.5, 0.6) is 0 Å². The summed E-state index contributed by atoms with van der Waals surface area (Å²) in [5.41, 5.74) is 1.53. The van der Waals surface area contributed by atoms with Gasteiger partial charge >= 0.3 is 0 Å². The van der Waals surface area contributed by atoms with Gasteiger partial charge in [0.2, 0.25) is 0 Å². The number of aldehydes is 1. The minimum absolute atomic E-state index is 0.632. The monoisotopic (exact) mass is 320 g/mol. The molecule has 1 aliphatic heterocycles. The molecule has 3 rings (SSSR count). The van der Waals surface area contributed by atoms with Gasteiger partial charge in [-0.15, -0.1) is 0 Å².